The van der Waals surface area contributed by atoms with E-state index in [4.69, 9.17) is 4.74 Å². The van der Waals surface area contributed by atoms with Gasteiger partial charge in [-0.25, -0.2) is 0 Å². The Morgan fingerprint density at radius 3 is 2.43 bits per heavy atom. The van der Waals surface area contributed by atoms with E-state index in [1.165, 1.54) is 5.56 Å². The van der Waals surface area contributed by atoms with Gasteiger partial charge in [0.2, 0.25) is 0 Å². The van der Waals surface area contributed by atoms with Crippen LogP contribution in [0.25, 0.3) is 0 Å². The van der Waals surface area contributed by atoms with E-state index < -0.39 is 0 Å². The van der Waals surface area contributed by atoms with Gasteiger partial charge in [0.15, 0.2) is 5.96 Å². The van der Waals surface area contributed by atoms with E-state index in [0.29, 0.717) is 24.1 Å². The van der Waals surface area contributed by atoms with Gasteiger partial charge < -0.3 is 15.4 Å². The summed E-state index contributed by atoms with van der Waals surface area (Å²) in [7, 11) is 1.85. The van der Waals surface area contributed by atoms with Crippen LogP contribution in [0.4, 0.5) is 0 Å². The molecule has 0 amide bonds. The van der Waals surface area contributed by atoms with Crippen LogP contribution in [-0.4, -0.2) is 56.3 Å². The Morgan fingerprint density at radius 1 is 1.18 bits per heavy atom. The first-order chi connectivity index (χ1) is 13.5. The largest absolute Gasteiger partial charge is 0.378 e. The number of rotatable bonds is 9. The Kier molecular flexibility index (Phi) is 9.79. The molecule has 1 aromatic rings. The molecular weight excluding hydrogens is 348 g/mol. The van der Waals surface area contributed by atoms with Crippen LogP contribution < -0.4 is 10.6 Å². The van der Waals surface area contributed by atoms with Gasteiger partial charge in [-0.15, -0.1) is 0 Å². The minimum Gasteiger partial charge on any atom is -0.378 e. The van der Waals surface area contributed by atoms with Crippen LogP contribution in [0.5, 0.6) is 0 Å². The normalized spacial score (nSPS) is 18.9. The molecule has 0 saturated carbocycles. The van der Waals surface area contributed by atoms with Gasteiger partial charge in [0.25, 0.3) is 0 Å². The Bertz CT molecular complexity index is 567. The molecule has 2 rings (SSSR count). The maximum Gasteiger partial charge on any atom is 0.191 e. The van der Waals surface area contributed by atoms with E-state index >= 15 is 0 Å². The van der Waals surface area contributed by atoms with Crippen molar-refractivity contribution in [2.45, 2.75) is 65.1 Å². The van der Waals surface area contributed by atoms with Crippen molar-refractivity contribution in [3.63, 3.8) is 0 Å². The second-order valence-corrected chi connectivity index (χ2v) is 8.07. The number of likely N-dealkylation sites (tertiary alicyclic amines) is 1. The Hall–Kier alpha value is -1.59. The third kappa shape index (κ3) is 7.10. The summed E-state index contributed by atoms with van der Waals surface area (Å²) in [6, 6.07) is 11.8. The number of ether oxygens (including phenoxy) is 1. The molecule has 1 saturated heterocycles. The molecule has 0 aromatic heterocycles. The molecule has 5 nitrogen and oxygen atoms in total. The summed E-state index contributed by atoms with van der Waals surface area (Å²) in [5, 5.41) is 7.08. The van der Waals surface area contributed by atoms with E-state index in [1.807, 2.05) is 7.05 Å². The van der Waals surface area contributed by atoms with Crippen LogP contribution in [0.3, 0.4) is 0 Å². The summed E-state index contributed by atoms with van der Waals surface area (Å²) in [5.74, 6) is 1.45. The summed E-state index contributed by atoms with van der Waals surface area (Å²) in [6.45, 7) is 12.7. The van der Waals surface area contributed by atoms with E-state index in [1.54, 1.807) is 0 Å². The molecule has 5 heteroatoms. The van der Waals surface area contributed by atoms with Gasteiger partial charge in [-0.05, 0) is 44.6 Å². The molecular formula is C23H40N4O. The van der Waals surface area contributed by atoms with Gasteiger partial charge in [-0.1, -0.05) is 44.2 Å². The predicted molar refractivity (Wildman–Crippen MR) is 119 cm³/mol. The smallest absolute Gasteiger partial charge is 0.191 e. The van der Waals surface area contributed by atoms with Crippen molar-refractivity contribution in [1.82, 2.24) is 15.5 Å². The molecule has 0 radical (unpaired) electrons. The second-order valence-electron chi connectivity index (χ2n) is 8.07. The fourth-order valence-corrected chi connectivity index (χ4v) is 3.92. The fourth-order valence-electron chi connectivity index (χ4n) is 3.92. The van der Waals surface area contributed by atoms with Gasteiger partial charge in [0.05, 0.1) is 6.10 Å². The maximum absolute atomic E-state index is 5.83. The Labute approximate surface area is 171 Å². The number of aliphatic imine (C=N–C) groups is 1. The maximum atomic E-state index is 5.83. The predicted octanol–water partition coefficient (Wildman–Crippen LogP) is 3.83. The van der Waals surface area contributed by atoms with E-state index in [2.05, 4.69) is 78.6 Å². The lowest BCUT2D eigenvalue weighted by Crippen LogP contribution is -2.49. The fraction of sp³-hybridized carbons (Fsp3) is 0.696. The quantitative estimate of drug-likeness (QED) is 0.499. The first-order valence-electron chi connectivity index (χ1n) is 10.9. The van der Waals surface area contributed by atoms with Gasteiger partial charge in [-0.2, -0.15) is 0 Å². The highest BCUT2D eigenvalue weighted by molar-refractivity contribution is 5.79. The van der Waals surface area contributed by atoms with Crippen LogP contribution in [0.15, 0.2) is 35.3 Å². The lowest BCUT2D eigenvalue weighted by Gasteiger charge is -2.37. The highest BCUT2D eigenvalue weighted by Crippen LogP contribution is 2.23. The summed E-state index contributed by atoms with van der Waals surface area (Å²) >= 11 is 0. The summed E-state index contributed by atoms with van der Waals surface area (Å²) in [6.07, 6.45) is 3.59. The van der Waals surface area contributed by atoms with Crippen LogP contribution >= 0.6 is 0 Å². The highest BCUT2D eigenvalue weighted by Gasteiger charge is 2.24. The minimum atomic E-state index is 0.304. The molecule has 2 unspecified atom stereocenters. The molecule has 0 bridgehead atoms. The van der Waals surface area contributed by atoms with Crippen LogP contribution in [0.1, 0.15) is 58.6 Å². The number of nitrogens with zero attached hydrogens (tertiary/aromatic N) is 2. The average molecular weight is 389 g/mol. The van der Waals surface area contributed by atoms with Crippen LogP contribution in [0, 0.1) is 5.92 Å². The van der Waals surface area contributed by atoms with Gasteiger partial charge >= 0.3 is 0 Å². The highest BCUT2D eigenvalue weighted by atomic mass is 16.5. The Balaban J connectivity index is 1.73. The van der Waals surface area contributed by atoms with Gasteiger partial charge in [0.1, 0.15) is 0 Å². The molecule has 1 aromatic carbocycles. The molecule has 2 atom stereocenters. The number of hydrogen-bond donors (Lipinski definition) is 2. The van der Waals surface area contributed by atoms with Crippen LogP contribution in [-0.2, 0) is 4.74 Å². The molecule has 1 aliphatic heterocycles. The zero-order valence-corrected chi connectivity index (χ0v) is 18.4. The van der Waals surface area contributed by atoms with Crippen molar-refractivity contribution >= 4 is 5.96 Å². The molecule has 1 aliphatic rings. The van der Waals surface area contributed by atoms with Gasteiger partial charge in [0, 0.05) is 45.4 Å². The lowest BCUT2D eigenvalue weighted by atomic mass is 10.0. The van der Waals surface area contributed by atoms with E-state index in [9.17, 15) is 0 Å². The number of nitrogens with one attached hydrogen (secondary N) is 2. The molecule has 0 spiro atoms. The van der Waals surface area contributed by atoms with Gasteiger partial charge in [-0.3, -0.25) is 9.89 Å². The van der Waals surface area contributed by atoms with Crippen LogP contribution in [0.2, 0.25) is 0 Å². The Morgan fingerprint density at radius 2 is 1.86 bits per heavy atom. The monoisotopic (exact) mass is 388 g/mol. The third-order valence-electron chi connectivity index (χ3n) is 5.77. The summed E-state index contributed by atoms with van der Waals surface area (Å²) in [4.78, 5) is 6.99. The summed E-state index contributed by atoms with van der Waals surface area (Å²) in [5.41, 5.74) is 1.40. The number of guanidine groups is 1. The summed E-state index contributed by atoms with van der Waals surface area (Å²) < 4.78 is 5.83. The minimum absolute atomic E-state index is 0.304. The topological polar surface area (TPSA) is 48.9 Å². The van der Waals surface area contributed by atoms with Crippen molar-refractivity contribution in [2.75, 3.05) is 33.3 Å². The molecule has 0 aliphatic carbocycles. The van der Waals surface area contributed by atoms with Crippen molar-refractivity contribution in [2.24, 2.45) is 10.9 Å². The zero-order valence-electron chi connectivity index (χ0n) is 18.4. The van der Waals surface area contributed by atoms with E-state index in [-0.39, 0.29) is 0 Å². The van der Waals surface area contributed by atoms with Crippen molar-refractivity contribution in [3.05, 3.63) is 35.9 Å². The van der Waals surface area contributed by atoms with Crippen molar-refractivity contribution in [1.29, 1.82) is 0 Å². The second kappa shape index (κ2) is 12.1. The first kappa shape index (κ1) is 22.7. The number of benzene rings is 1. The molecule has 28 heavy (non-hydrogen) atoms. The lowest BCUT2D eigenvalue weighted by molar-refractivity contribution is 0.0258. The SMILES string of the molecule is CCOC(CCNC(=NC)NC1CCN(C(C)c2ccccc2)CC1)C(C)C. The molecule has 1 fully saturated rings. The number of hydrogen-bond acceptors (Lipinski definition) is 3. The van der Waals surface area contributed by atoms with Crippen molar-refractivity contribution < 1.29 is 4.74 Å². The van der Waals surface area contributed by atoms with Crippen molar-refractivity contribution in [3.8, 4) is 0 Å². The zero-order chi connectivity index (χ0) is 20.4. The standard InChI is InChI=1S/C23H40N4O/c1-6-28-22(18(2)3)12-15-25-23(24-5)26-21-13-16-27(17-14-21)19(4)20-10-8-7-9-11-20/h7-11,18-19,21-22H,6,12-17H2,1-5H3,(H2,24,25,26). The number of piperidine rings is 1. The molecule has 1 heterocycles. The third-order valence-corrected chi connectivity index (χ3v) is 5.77. The van der Waals surface area contributed by atoms with E-state index in [0.717, 1.165) is 51.5 Å². The average Bonchev–Trinajstić information content (AvgIpc) is 2.72. The molecule has 158 valence electrons. The first-order valence-corrected chi connectivity index (χ1v) is 10.9. The molecule has 2 N–H and O–H groups in total.